The van der Waals surface area contributed by atoms with Crippen molar-refractivity contribution < 1.29 is 8.42 Å². The van der Waals surface area contributed by atoms with E-state index in [0.717, 1.165) is 5.56 Å². The van der Waals surface area contributed by atoms with Crippen LogP contribution in [0.15, 0.2) is 29.4 Å². The van der Waals surface area contributed by atoms with E-state index in [1.807, 2.05) is 0 Å². The van der Waals surface area contributed by atoms with Crippen LogP contribution in [0.4, 0.5) is 0 Å². The maximum absolute atomic E-state index is 12.6. The van der Waals surface area contributed by atoms with Crippen LogP contribution >= 0.6 is 0 Å². The summed E-state index contributed by atoms with van der Waals surface area (Å²) in [6, 6.07) is 3.21. The summed E-state index contributed by atoms with van der Waals surface area (Å²) < 4.78 is 27.8. The number of aromatic nitrogens is 3. The van der Waals surface area contributed by atoms with Crippen molar-refractivity contribution in [1.29, 1.82) is 0 Å². The van der Waals surface area contributed by atoms with Gasteiger partial charge in [0.15, 0.2) is 0 Å². The van der Waals surface area contributed by atoms with E-state index in [9.17, 15) is 8.42 Å². The average Bonchev–Trinajstić information content (AvgIpc) is 2.81. The number of aromatic amines is 1. The topological polar surface area (TPSA) is 99.8 Å². The minimum atomic E-state index is -3.65. The van der Waals surface area contributed by atoms with Crippen molar-refractivity contribution in [2.24, 2.45) is 0 Å². The number of H-pyrrole nitrogens is 1. The summed E-state index contributed by atoms with van der Waals surface area (Å²) >= 11 is 0. The van der Waals surface area contributed by atoms with Crippen LogP contribution in [0.3, 0.4) is 0 Å². The quantitative estimate of drug-likeness (QED) is 0.735. The lowest BCUT2D eigenvalue weighted by Crippen LogP contribution is -2.28. The zero-order chi connectivity index (χ0) is 15.5. The lowest BCUT2D eigenvalue weighted by atomic mass is 10.1. The maximum atomic E-state index is 12.6. The first-order valence-corrected chi connectivity index (χ1v) is 8.04. The summed E-state index contributed by atoms with van der Waals surface area (Å²) in [5.74, 6) is 0. The molecule has 7 nitrogen and oxygen atoms in total. The standard InChI is InChI=1S/C13H19N5O2S/c1-9(11-4-6-15-7-5-11)18-21(19,20)13-10(2)16-17-12(13)8-14-3/h4-7,9,14,18H,8H2,1-3H3,(H,16,17). The Morgan fingerprint density at radius 2 is 2.00 bits per heavy atom. The summed E-state index contributed by atoms with van der Waals surface area (Å²) in [7, 11) is -1.91. The van der Waals surface area contributed by atoms with Crippen LogP contribution in [0.2, 0.25) is 0 Å². The molecule has 0 aliphatic rings. The first-order chi connectivity index (χ1) is 9.95. The van der Waals surface area contributed by atoms with Gasteiger partial charge in [-0.3, -0.25) is 10.1 Å². The first kappa shape index (κ1) is 15.6. The molecule has 2 aromatic heterocycles. The van der Waals surface area contributed by atoms with Gasteiger partial charge in [-0.05, 0) is 38.6 Å². The van der Waals surface area contributed by atoms with Crippen LogP contribution in [-0.4, -0.2) is 30.6 Å². The molecule has 0 amide bonds. The van der Waals surface area contributed by atoms with E-state index >= 15 is 0 Å². The van der Waals surface area contributed by atoms with Crippen molar-refractivity contribution in [3.8, 4) is 0 Å². The second-order valence-corrected chi connectivity index (χ2v) is 6.43. The van der Waals surface area contributed by atoms with Crippen LogP contribution in [0.25, 0.3) is 0 Å². The minimum absolute atomic E-state index is 0.206. The first-order valence-electron chi connectivity index (χ1n) is 6.56. The highest BCUT2D eigenvalue weighted by molar-refractivity contribution is 7.89. The molecule has 2 aromatic rings. The van der Waals surface area contributed by atoms with Gasteiger partial charge in [-0.15, -0.1) is 0 Å². The maximum Gasteiger partial charge on any atom is 0.244 e. The van der Waals surface area contributed by atoms with Crippen molar-refractivity contribution in [2.75, 3.05) is 7.05 Å². The molecule has 0 radical (unpaired) electrons. The van der Waals surface area contributed by atoms with Crippen molar-refractivity contribution >= 4 is 10.0 Å². The van der Waals surface area contributed by atoms with Gasteiger partial charge in [0.05, 0.1) is 11.4 Å². The van der Waals surface area contributed by atoms with Gasteiger partial charge in [-0.1, -0.05) is 0 Å². The largest absolute Gasteiger partial charge is 0.314 e. The van der Waals surface area contributed by atoms with E-state index in [4.69, 9.17) is 0 Å². The van der Waals surface area contributed by atoms with E-state index in [1.54, 1.807) is 45.4 Å². The van der Waals surface area contributed by atoms with Crippen LogP contribution < -0.4 is 10.0 Å². The number of nitrogens with one attached hydrogen (secondary N) is 3. The summed E-state index contributed by atoms with van der Waals surface area (Å²) in [5, 5.41) is 9.67. The van der Waals surface area contributed by atoms with Gasteiger partial charge in [0.2, 0.25) is 10.0 Å². The zero-order valence-corrected chi connectivity index (χ0v) is 13.0. The van der Waals surface area contributed by atoms with Gasteiger partial charge in [0.1, 0.15) is 4.90 Å². The molecule has 3 N–H and O–H groups in total. The van der Waals surface area contributed by atoms with E-state index in [1.165, 1.54) is 0 Å². The van der Waals surface area contributed by atoms with Crippen molar-refractivity contribution in [3.05, 3.63) is 41.5 Å². The van der Waals surface area contributed by atoms with Gasteiger partial charge in [-0.25, -0.2) is 13.1 Å². The highest BCUT2D eigenvalue weighted by Crippen LogP contribution is 2.21. The molecule has 0 bridgehead atoms. The number of hydrogen-bond acceptors (Lipinski definition) is 5. The molecular formula is C13H19N5O2S. The number of pyridine rings is 1. The number of sulfonamides is 1. The molecule has 0 spiro atoms. The van der Waals surface area contributed by atoms with Gasteiger partial charge in [-0.2, -0.15) is 5.10 Å². The number of hydrogen-bond donors (Lipinski definition) is 3. The molecule has 0 saturated carbocycles. The molecule has 21 heavy (non-hydrogen) atoms. The van der Waals surface area contributed by atoms with Crippen molar-refractivity contribution in [1.82, 2.24) is 25.2 Å². The fourth-order valence-corrected chi connectivity index (χ4v) is 3.72. The molecule has 2 heterocycles. The van der Waals surface area contributed by atoms with Crippen LogP contribution in [0, 0.1) is 6.92 Å². The third kappa shape index (κ3) is 3.46. The van der Waals surface area contributed by atoms with Crippen LogP contribution in [-0.2, 0) is 16.6 Å². The normalized spacial score (nSPS) is 13.3. The molecule has 0 aromatic carbocycles. The minimum Gasteiger partial charge on any atom is -0.314 e. The Morgan fingerprint density at radius 1 is 1.33 bits per heavy atom. The fourth-order valence-electron chi connectivity index (χ4n) is 2.13. The fraction of sp³-hybridized carbons (Fsp3) is 0.385. The SMILES string of the molecule is CNCc1n[nH]c(C)c1S(=O)(=O)NC(C)c1ccncc1. The molecular weight excluding hydrogens is 290 g/mol. The lowest BCUT2D eigenvalue weighted by Gasteiger charge is -2.15. The molecule has 1 unspecified atom stereocenters. The molecule has 1 atom stereocenters. The van der Waals surface area contributed by atoms with Crippen molar-refractivity contribution in [3.63, 3.8) is 0 Å². The third-order valence-corrected chi connectivity index (χ3v) is 4.86. The second kappa shape index (κ2) is 6.33. The van der Waals surface area contributed by atoms with E-state index < -0.39 is 10.0 Å². The summed E-state index contributed by atoms with van der Waals surface area (Å²) in [6.07, 6.45) is 3.27. The predicted octanol–water partition coefficient (Wildman–Crippen LogP) is 0.872. The monoisotopic (exact) mass is 309 g/mol. The van der Waals surface area contributed by atoms with E-state index in [0.29, 0.717) is 17.9 Å². The van der Waals surface area contributed by atoms with Gasteiger partial charge >= 0.3 is 0 Å². The summed E-state index contributed by atoms with van der Waals surface area (Å²) in [4.78, 5) is 4.13. The molecule has 8 heteroatoms. The molecule has 114 valence electrons. The van der Waals surface area contributed by atoms with Crippen molar-refractivity contribution in [2.45, 2.75) is 31.3 Å². The Balaban J connectivity index is 2.29. The highest BCUT2D eigenvalue weighted by Gasteiger charge is 2.25. The Kier molecular flexibility index (Phi) is 4.71. The summed E-state index contributed by atoms with van der Waals surface area (Å²) in [5.41, 5.74) is 1.85. The smallest absolute Gasteiger partial charge is 0.244 e. The van der Waals surface area contributed by atoms with E-state index in [-0.39, 0.29) is 10.9 Å². The second-order valence-electron chi connectivity index (χ2n) is 4.78. The third-order valence-electron chi connectivity index (χ3n) is 3.11. The summed E-state index contributed by atoms with van der Waals surface area (Å²) in [6.45, 7) is 3.86. The zero-order valence-electron chi connectivity index (χ0n) is 12.2. The molecule has 0 aliphatic carbocycles. The number of nitrogens with zero attached hydrogens (tertiary/aromatic N) is 2. The molecule has 0 aliphatic heterocycles. The Labute approximate surface area is 124 Å². The van der Waals surface area contributed by atoms with Gasteiger partial charge < -0.3 is 5.32 Å². The molecule has 0 saturated heterocycles. The average molecular weight is 309 g/mol. The van der Waals surface area contributed by atoms with Crippen LogP contribution in [0.5, 0.6) is 0 Å². The predicted molar refractivity (Wildman–Crippen MR) is 79.1 cm³/mol. The molecule has 0 fully saturated rings. The highest BCUT2D eigenvalue weighted by atomic mass is 32.2. The van der Waals surface area contributed by atoms with Gasteiger partial charge in [0, 0.05) is 25.0 Å². The van der Waals surface area contributed by atoms with Gasteiger partial charge in [0.25, 0.3) is 0 Å². The number of rotatable bonds is 6. The van der Waals surface area contributed by atoms with Crippen LogP contribution in [0.1, 0.15) is 29.9 Å². The lowest BCUT2D eigenvalue weighted by molar-refractivity contribution is 0.564. The van der Waals surface area contributed by atoms with E-state index in [2.05, 4.69) is 25.2 Å². The molecule has 2 rings (SSSR count). The Bertz CT molecular complexity index is 697. The Morgan fingerprint density at radius 3 is 2.62 bits per heavy atom. The number of aryl methyl sites for hydroxylation is 1. The Hall–Kier alpha value is -1.77.